The third kappa shape index (κ3) is 10.7. The fourth-order valence-electron chi connectivity index (χ4n) is 10.6. The summed E-state index contributed by atoms with van der Waals surface area (Å²) in [5.41, 5.74) is 13.4. The molecule has 9 nitrogen and oxygen atoms in total. The number of hydrogen-bond acceptors (Lipinski definition) is 8. The second-order valence-corrected chi connectivity index (χ2v) is 21.1. The largest absolute Gasteiger partial charge is 1.00 e. The number of nitrogens with one attached hydrogen (secondary N) is 1. The summed E-state index contributed by atoms with van der Waals surface area (Å²) in [6, 6.07) is 24.4. The maximum Gasteiger partial charge on any atom is 0.244 e. The van der Waals surface area contributed by atoms with Gasteiger partial charge in [-0.2, -0.15) is 0 Å². The smallest absolute Gasteiger partial charge is 0.244 e. The van der Waals surface area contributed by atoms with Crippen LogP contribution in [-0.2, 0) is 16.0 Å². The van der Waals surface area contributed by atoms with Gasteiger partial charge >= 0.3 is 0 Å². The molecule has 11 rings (SSSR count). The molecule has 1 saturated carbocycles. The van der Waals surface area contributed by atoms with Crippen LogP contribution in [0.5, 0.6) is 5.75 Å². The Balaban J connectivity index is 0.000000151. The Morgan fingerprint density at radius 3 is 1.88 bits per heavy atom. The van der Waals surface area contributed by atoms with Gasteiger partial charge in [-0.3, -0.25) is 4.99 Å². The number of pyridine rings is 1. The van der Waals surface area contributed by atoms with E-state index in [-0.39, 0.29) is 18.0 Å². The number of aliphatic imine (C=N–C) groups is 1. The zero-order chi connectivity index (χ0) is 45.4. The summed E-state index contributed by atoms with van der Waals surface area (Å²) in [6.07, 6.45) is 13.3. The van der Waals surface area contributed by atoms with E-state index in [1.807, 2.05) is 6.20 Å². The summed E-state index contributed by atoms with van der Waals surface area (Å²) in [6.45, 7) is 27.5. The van der Waals surface area contributed by atoms with Crippen LogP contribution in [0.4, 0.5) is 17.2 Å². The number of anilines is 2. The number of morpholine rings is 2. The normalized spacial score (nSPS) is 23.2. The van der Waals surface area contributed by atoms with Crippen LogP contribution in [0.15, 0.2) is 77.9 Å². The molecule has 3 aromatic carbocycles. The van der Waals surface area contributed by atoms with Gasteiger partial charge in [-0.05, 0) is 98.9 Å². The van der Waals surface area contributed by atoms with Gasteiger partial charge in [-0.15, -0.1) is 0 Å². The highest BCUT2D eigenvalue weighted by molar-refractivity contribution is 6.15. The van der Waals surface area contributed by atoms with Crippen molar-refractivity contribution in [3.8, 4) is 5.75 Å². The van der Waals surface area contributed by atoms with E-state index < -0.39 is 0 Å². The van der Waals surface area contributed by atoms with Gasteiger partial charge in [0, 0.05) is 65.8 Å². The summed E-state index contributed by atoms with van der Waals surface area (Å²) in [7, 11) is 0. The summed E-state index contributed by atoms with van der Waals surface area (Å²) in [5.74, 6) is 4.04. The second-order valence-electron chi connectivity index (χ2n) is 21.1. The first-order valence-electron chi connectivity index (χ1n) is 25.1. The van der Waals surface area contributed by atoms with Crippen LogP contribution in [0.25, 0.3) is 0 Å². The van der Waals surface area contributed by atoms with E-state index in [0.29, 0.717) is 48.1 Å². The van der Waals surface area contributed by atoms with Crippen molar-refractivity contribution in [2.75, 3.05) is 49.1 Å². The van der Waals surface area contributed by atoms with Crippen LogP contribution >= 0.6 is 0 Å². The standard InChI is InChI=1S/C27H39N2.C23H25N3O2.C6H11NO.ClH/c1-18(2)22-11-9-12-23(19(3)4)26(22)28-15-16-29(17-28)27-24(20(5)6)13-10-14-25(27)21(7)8;1-23(7-8-23)28-17-3-2-16-12-25-22(20(16)11-17)15-6-9-24-21(10-15)26-13-18-4-5-19(14-26)27-18;1-2-6-4-7-3-5(1)8-6;/h9-14,17-21H,15-16H2,1-8H3;2-3,6,9-11,18-19H,4-5,7-8,12-14H2,1H3;5-7H,1-4H2;1H/q+1;;;/p-1. The van der Waals surface area contributed by atoms with E-state index in [1.165, 1.54) is 70.4 Å². The maximum atomic E-state index is 6.18. The van der Waals surface area contributed by atoms with E-state index in [1.54, 1.807) is 0 Å². The predicted octanol–water partition coefficient (Wildman–Crippen LogP) is 8.25. The van der Waals surface area contributed by atoms with Gasteiger partial charge in [-0.1, -0.05) is 97.9 Å². The third-order valence-electron chi connectivity index (χ3n) is 14.5. The van der Waals surface area contributed by atoms with Gasteiger partial charge in [0.05, 0.1) is 36.7 Å². The molecule has 66 heavy (non-hydrogen) atoms. The highest BCUT2D eigenvalue weighted by Crippen LogP contribution is 2.42. The number of ether oxygens (including phenoxy) is 3. The number of para-hydroxylation sites is 2. The molecule has 0 spiro atoms. The van der Waals surface area contributed by atoms with Gasteiger partial charge in [-0.25, -0.2) is 14.5 Å². The van der Waals surface area contributed by atoms with Gasteiger partial charge in [0.2, 0.25) is 6.34 Å². The van der Waals surface area contributed by atoms with Gasteiger partial charge in [0.25, 0.3) is 0 Å². The number of rotatable bonds is 10. The number of benzene rings is 3. The lowest BCUT2D eigenvalue weighted by Gasteiger charge is -2.33. The SMILES string of the molecule is C1CC2CNCC1O2.CC(C)c1cccc(C(C)C)c1N1C=[N+](c2c(C(C)C)cccc2C(C)C)CC1.CC1(Oc2ccc3c(c2)C(c2ccnc(N4CC5CCC(C4)O5)c2)=NC3)CC1.[Cl-]. The van der Waals surface area contributed by atoms with Gasteiger partial charge in [0.15, 0.2) is 0 Å². The molecule has 0 radical (unpaired) electrons. The molecule has 10 heteroatoms. The Kier molecular flexibility index (Phi) is 15.0. The highest BCUT2D eigenvalue weighted by atomic mass is 35.5. The zero-order valence-corrected chi connectivity index (χ0v) is 41.9. The van der Waals surface area contributed by atoms with Crippen molar-refractivity contribution >= 4 is 29.2 Å². The number of nitrogens with zero attached hydrogens (tertiary/aromatic N) is 5. The lowest BCUT2D eigenvalue weighted by Crippen LogP contribution is -3.00. The second kappa shape index (κ2) is 20.5. The molecule has 4 saturated heterocycles. The van der Waals surface area contributed by atoms with Crippen LogP contribution in [0.3, 0.4) is 0 Å². The summed E-state index contributed by atoms with van der Waals surface area (Å²) in [5, 5.41) is 3.32. The molecule has 4 aromatic rings. The van der Waals surface area contributed by atoms with Crippen molar-refractivity contribution < 1.29 is 31.2 Å². The highest BCUT2D eigenvalue weighted by Gasteiger charge is 2.40. The van der Waals surface area contributed by atoms with Crippen molar-refractivity contribution in [1.29, 1.82) is 0 Å². The first kappa shape index (κ1) is 48.2. The van der Waals surface area contributed by atoms with Crippen LogP contribution in [-0.4, -0.2) is 90.9 Å². The molecule has 0 amide bonds. The fourth-order valence-corrected chi connectivity index (χ4v) is 10.6. The number of hydrogen-bond donors (Lipinski definition) is 1. The molecule has 354 valence electrons. The first-order chi connectivity index (χ1) is 31.3. The third-order valence-corrected chi connectivity index (χ3v) is 14.5. The number of halogens is 1. The molecule has 4 atom stereocenters. The Labute approximate surface area is 401 Å². The molecule has 7 heterocycles. The quantitative estimate of drug-likeness (QED) is 0.161. The van der Waals surface area contributed by atoms with Crippen molar-refractivity contribution in [2.45, 2.75) is 161 Å². The zero-order valence-electron chi connectivity index (χ0n) is 41.2. The Hall–Kier alpha value is -4.28. The molecule has 4 unspecified atom stereocenters. The minimum atomic E-state index is 0. The summed E-state index contributed by atoms with van der Waals surface area (Å²) in [4.78, 5) is 14.4. The number of aromatic nitrogens is 1. The van der Waals surface area contributed by atoms with Crippen LogP contribution in [0.1, 0.15) is 163 Å². The van der Waals surface area contributed by atoms with E-state index in [4.69, 9.17) is 19.2 Å². The molecule has 1 aromatic heterocycles. The van der Waals surface area contributed by atoms with E-state index in [2.05, 4.69) is 160 Å². The molecule has 1 aliphatic carbocycles. The van der Waals surface area contributed by atoms with E-state index >= 15 is 0 Å². The van der Waals surface area contributed by atoms with Gasteiger partial charge in [0.1, 0.15) is 41.6 Å². The monoisotopic (exact) mass is 915 g/mol. The van der Waals surface area contributed by atoms with E-state index in [0.717, 1.165) is 81.5 Å². The molecule has 5 fully saturated rings. The fraction of sp³-hybridized carbons (Fsp3) is 0.554. The number of fused-ring (bicyclic) bond motifs is 5. The average molecular weight is 916 g/mol. The molecule has 7 aliphatic rings. The van der Waals surface area contributed by atoms with Crippen LogP contribution < -0.4 is 32.3 Å². The van der Waals surface area contributed by atoms with Gasteiger partial charge < -0.3 is 36.8 Å². The van der Waals surface area contributed by atoms with Crippen LogP contribution in [0.2, 0.25) is 0 Å². The molecule has 4 bridgehead atoms. The summed E-state index contributed by atoms with van der Waals surface area (Å²) >= 11 is 0. The molecule has 1 N–H and O–H groups in total. The molecular weight excluding hydrogens is 840 g/mol. The Bertz CT molecular complexity index is 2310. The van der Waals surface area contributed by atoms with E-state index in [9.17, 15) is 0 Å². The molecule has 6 aliphatic heterocycles. The lowest BCUT2D eigenvalue weighted by molar-refractivity contribution is -0.425. The van der Waals surface area contributed by atoms with Crippen LogP contribution in [0, 0.1) is 0 Å². The maximum absolute atomic E-state index is 6.18. The molecular formula is C56H75ClN6O3. The first-order valence-corrected chi connectivity index (χ1v) is 25.1. The Morgan fingerprint density at radius 2 is 1.30 bits per heavy atom. The van der Waals surface area contributed by atoms with Crippen molar-refractivity contribution in [3.63, 3.8) is 0 Å². The minimum absolute atomic E-state index is 0. The topological polar surface area (TPSA) is 74.5 Å². The Morgan fingerprint density at radius 1 is 0.727 bits per heavy atom. The lowest BCUT2D eigenvalue weighted by atomic mass is 9.92. The predicted molar refractivity (Wildman–Crippen MR) is 267 cm³/mol. The van der Waals surface area contributed by atoms with Crippen molar-refractivity contribution in [1.82, 2.24) is 10.3 Å². The minimum Gasteiger partial charge on any atom is -1.00 e. The van der Waals surface area contributed by atoms with Crippen molar-refractivity contribution in [3.05, 3.63) is 112 Å². The van der Waals surface area contributed by atoms with Crippen molar-refractivity contribution in [2.24, 2.45) is 4.99 Å². The summed E-state index contributed by atoms with van der Waals surface area (Å²) < 4.78 is 20.2. The average Bonchev–Trinajstić information content (AvgIpc) is 3.72.